The number of benzene rings is 1. The van der Waals surface area contributed by atoms with Crippen molar-refractivity contribution in [2.75, 3.05) is 5.32 Å². The Morgan fingerprint density at radius 2 is 2.00 bits per heavy atom. The summed E-state index contributed by atoms with van der Waals surface area (Å²) in [7, 11) is 0. The highest BCUT2D eigenvalue weighted by atomic mass is 16.4. The summed E-state index contributed by atoms with van der Waals surface area (Å²) >= 11 is 0. The van der Waals surface area contributed by atoms with Gasteiger partial charge in [-0.1, -0.05) is 38.8 Å². The van der Waals surface area contributed by atoms with Crippen molar-refractivity contribution < 1.29 is 19.1 Å². The molecule has 0 saturated carbocycles. The highest BCUT2D eigenvalue weighted by Gasteiger charge is 2.22. The Kier molecular flexibility index (Phi) is 8.20. The van der Waals surface area contributed by atoms with E-state index < -0.39 is 24.1 Å². The number of aliphatic carboxylic acids is 1. The van der Waals surface area contributed by atoms with E-state index in [0.717, 1.165) is 31.4 Å². The molecule has 1 amide bonds. The fourth-order valence-corrected chi connectivity index (χ4v) is 3.85. The molecule has 0 aliphatic carbocycles. The largest absolute Gasteiger partial charge is 0.481 e. The standard InChI is InChI=1S/C25H32N4O5/c1-5-6-7-21(29-14-18(27-28-29)9-8-15(2)3)24(32)26-17-10-11-19-16(4)20(13-23(30)31)25(33)34-22(19)12-17/h10-12,14-15,21H,5-9,13H2,1-4H3,(H,26,32)(H,30,31)/t21-/m0/s1. The zero-order valence-electron chi connectivity index (χ0n) is 20.1. The summed E-state index contributed by atoms with van der Waals surface area (Å²) in [6.07, 6.45) is 5.67. The van der Waals surface area contributed by atoms with Crippen molar-refractivity contribution in [3.05, 3.63) is 51.6 Å². The zero-order chi connectivity index (χ0) is 24.8. The summed E-state index contributed by atoms with van der Waals surface area (Å²) in [5.41, 5.74) is 1.63. The first kappa shape index (κ1) is 25.1. The first-order chi connectivity index (χ1) is 16.2. The number of carboxylic acids is 1. The van der Waals surface area contributed by atoms with E-state index in [0.29, 0.717) is 29.0 Å². The van der Waals surface area contributed by atoms with Crippen molar-refractivity contribution in [3.63, 3.8) is 0 Å². The molecule has 0 radical (unpaired) electrons. The number of nitrogens with one attached hydrogen (secondary N) is 1. The van der Waals surface area contributed by atoms with Gasteiger partial charge in [-0.05, 0) is 49.8 Å². The van der Waals surface area contributed by atoms with Crippen molar-refractivity contribution >= 4 is 28.5 Å². The number of amides is 1. The summed E-state index contributed by atoms with van der Waals surface area (Å²) in [6, 6.07) is 4.50. The van der Waals surface area contributed by atoms with E-state index >= 15 is 0 Å². The SMILES string of the molecule is CCCC[C@@H](C(=O)Nc1ccc2c(C)c(CC(=O)O)c(=O)oc2c1)n1cc(CCC(C)C)nn1. The van der Waals surface area contributed by atoms with Gasteiger partial charge in [0, 0.05) is 23.3 Å². The Bertz CT molecular complexity index is 1230. The average Bonchev–Trinajstić information content (AvgIpc) is 3.24. The van der Waals surface area contributed by atoms with Gasteiger partial charge in [-0.2, -0.15) is 0 Å². The van der Waals surface area contributed by atoms with Crippen LogP contribution in [0.2, 0.25) is 0 Å². The zero-order valence-corrected chi connectivity index (χ0v) is 20.1. The molecule has 34 heavy (non-hydrogen) atoms. The summed E-state index contributed by atoms with van der Waals surface area (Å²) in [4.78, 5) is 36.5. The van der Waals surface area contributed by atoms with E-state index in [9.17, 15) is 14.4 Å². The highest BCUT2D eigenvalue weighted by Crippen LogP contribution is 2.25. The van der Waals surface area contributed by atoms with Gasteiger partial charge in [0.15, 0.2) is 0 Å². The van der Waals surface area contributed by atoms with Gasteiger partial charge in [0.05, 0.1) is 17.7 Å². The van der Waals surface area contributed by atoms with Crippen molar-refractivity contribution in [1.82, 2.24) is 15.0 Å². The first-order valence-corrected chi connectivity index (χ1v) is 11.7. The Hall–Kier alpha value is -3.49. The van der Waals surface area contributed by atoms with Crippen LogP contribution in [0, 0.1) is 12.8 Å². The fourth-order valence-electron chi connectivity index (χ4n) is 3.85. The second kappa shape index (κ2) is 11.1. The van der Waals surface area contributed by atoms with Gasteiger partial charge in [0.2, 0.25) is 5.91 Å². The van der Waals surface area contributed by atoms with Crippen molar-refractivity contribution in [2.24, 2.45) is 5.92 Å². The molecule has 0 fully saturated rings. The van der Waals surface area contributed by atoms with E-state index in [1.165, 1.54) is 0 Å². The summed E-state index contributed by atoms with van der Waals surface area (Å²) in [5.74, 6) is -0.770. The monoisotopic (exact) mass is 468 g/mol. The lowest BCUT2D eigenvalue weighted by molar-refractivity contribution is -0.136. The van der Waals surface area contributed by atoms with Crippen LogP contribution in [0.15, 0.2) is 33.6 Å². The van der Waals surface area contributed by atoms with Gasteiger partial charge in [0.25, 0.3) is 0 Å². The number of carbonyl (C=O) groups excluding carboxylic acids is 1. The molecule has 1 atom stereocenters. The molecule has 3 rings (SSSR count). The molecule has 0 bridgehead atoms. The van der Waals surface area contributed by atoms with Crippen molar-refractivity contribution in [2.45, 2.75) is 72.3 Å². The molecule has 9 nitrogen and oxygen atoms in total. The second-order valence-electron chi connectivity index (χ2n) is 9.04. The van der Waals surface area contributed by atoms with E-state index in [1.807, 2.05) is 6.20 Å². The van der Waals surface area contributed by atoms with Gasteiger partial charge in [-0.3, -0.25) is 9.59 Å². The van der Waals surface area contributed by atoms with Crippen LogP contribution in [0.25, 0.3) is 11.0 Å². The van der Waals surface area contributed by atoms with Crippen LogP contribution in [0.4, 0.5) is 5.69 Å². The third-order valence-corrected chi connectivity index (χ3v) is 5.87. The number of unbranched alkanes of at least 4 members (excludes halogenated alkanes) is 1. The predicted octanol–water partition coefficient (Wildman–Crippen LogP) is 4.28. The van der Waals surface area contributed by atoms with Crippen LogP contribution in [-0.4, -0.2) is 32.0 Å². The first-order valence-electron chi connectivity index (χ1n) is 11.7. The molecular formula is C25H32N4O5. The van der Waals surface area contributed by atoms with Crippen LogP contribution < -0.4 is 10.9 Å². The maximum atomic E-state index is 13.2. The van der Waals surface area contributed by atoms with Crippen LogP contribution in [0.1, 0.15) is 69.3 Å². The molecule has 0 spiro atoms. The van der Waals surface area contributed by atoms with Gasteiger partial charge in [-0.15, -0.1) is 5.10 Å². The quantitative estimate of drug-likeness (QED) is 0.402. The lowest BCUT2D eigenvalue weighted by Crippen LogP contribution is -2.26. The molecule has 0 unspecified atom stereocenters. The minimum atomic E-state index is -1.10. The molecule has 0 aliphatic heterocycles. The number of hydrogen-bond acceptors (Lipinski definition) is 6. The lowest BCUT2D eigenvalue weighted by Gasteiger charge is -2.17. The van der Waals surface area contributed by atoms with E-state index in [4.69, 9.17) is 9.52 Å². The van der Waals surface area contributed by atoms with Crippen molar-refractivity contribution in [3.8, 4) is 0 Å². The normalized spacial score (nSPS) is 12.3. The number of fused-ring (bicyclic) bond motifs is 1. The number of carbonyl (C=O) groups is 2. The number of aryl methyl sites for hydroxylation is 2. The fraction of sp³-hybridized carbons (Fsp3) is 0.480. The molecule has 2 N–H and O–H groups in total. The predicted molar refractivity (Wildman–Crippen MR) is 129 cm³/mol. The molecule has 2 heterocycles. The number of anilines is 1. The number of rotatable bonds is 11. The minimum absolute atomic E-state index is 0.121. The third-order valence-electron chi connectivity index (χ3n) is 5.87. The Balaban J connectivity index is 1.84. The van der Waals surface area contributed by atoms with Crippen LogP contribution in [-0.2, 0) is 22.4 Å². The van der Waals surface area contributed by atoms with E-state index in [1.54, 1.807) is 29.8 Å². The van der Waals surface area contributed by atoms with E-state index in [2.05, 4.69) is 36.4 Å². The second-order valence-corrected chi connectivity index (χ2v) is 9.04. The third kappa shape index (κ3) is 6.09. The average molecular weight is 469 g/mol. The summed E-state index contributed by atoms with van der Waals surface area (Å²) < 4.78 is 6.99. The Morgan fingerprint density at radius 3 is 2.68 bits per heavy atom. The molecule has 1 aromatic carbocycles. The number of hydrogen-bond donors (Lipinski definition) is 2. The van der Waals surface area contributed by atoms with E-state index in [-0.39, 0.29) is 17.1 Å². The lowest BCUT2D eigenvalue weighted by atomic mass is 10.0. The number of nitrogens with zero attached hydrogens (tertiary/aromatic N) is 3. The minimum Gasteiger partial charge on any atom is -0.481 e. The Morgan fingerprint density at radius 1 is 1.24 bits per heavy atom. The molecular weight excluding hydrogens is 436 g/mol. The molecule has 182 valence electrons. The van der Waals surface area contributed by atoms with Gasteiger partial charge < -0.3 is 14.8 Å². The maximum Gasteiger partial charge on any atom is 0.340 e. The molecule has 2 aromatic heterocycles. The van der Waals surface area contributed by atoms with Gasteiger partial charge >= 0.3 is 11.6 Å². The maximum absolute atomic E-state index is 13.2. The molecule has 9 heteroatoms. The van der Waals surface area contributed by atoms with Crippen molar-refractivity contribution in [1.29, 1.82) is 0 Å². The van der Waals surface area contributed by atoms with Gasteiger partial charge in [-0.25, -0.2) is 9.48 Å². The van der Waals surface area contributed by atoms with Crippen LogP contribution in [0.5, 0.6) is 0 Å². The molecule has 3 aromatic rings. The van der Waals surface area contributed by atoms with Crippen LogP contribution >= 0.6 is 0 Å². The molecule has 0 aliphatic rings. The number of carboxylic acid groups (broad SMARTS) is 1. The van der Waals surface area contributed by atoms with Crippen LogP contribution in [0.3, 0.4) is 0 Å². The number of aromatic nitrogens is 3. The topological polar surface area (TPSA) is 127 Å². The summed E-state index contributed by atoms with van der Waals surface area (Å²) in [6.45, 7) is 8.07. The highest BCUT2D eigenvalue weighted by molar-refractivity contribution is 5.96. The smallest absolute Gasteiger partial charge is 0.340 e. The van der Waals surface area contributed by atoms with Gasteiger partial charge in [0.1, 0.15) is 11.6 Å². The summed E-state index contributed by atoms with van der Waals surface area (Å²) in [5, 5.41) is 21.0. The Labute approximate surface area is 198 Å². The molecule has 0 saturated heterocycles.